The number of rotatable bonds is 1. The van der Waals surface area contributed by atoms with Crippen molar-refractivity contribution in [2.45, 2.75) is 0 Å². The summed E-state index contributed by atoms with van der Waals surface area (Å²) in [4.78, 5) is 10.2. The Morgan fingerprint density at radius 3 is 2.92 bits per heavy atom. The number of hydrogen-bond acceptors (Lipinski definition) is 4. The SMILES string of the molecule is Nc1csc2c([N+](=O)[O-])cccc12. The van der Waals surface area contributed by atoms with Crippen molar-refractivity contribution in [1.29, 1.82) is 0 Å². The van der Waals surface area contributed by atoms with Crippen LogP contribution in [0.25, 0.3) is 10.1 Å². The number of fused-ring (bicyclic) bond motifs is 1. The number of non-ortho nitro benzene ring substituents is 1. The molecule has 1 heterocycles. The molecule has 2 rings (SSSR count). The summed E-state index contributed by atoms with van der Waals surface area (Å²) < 4.78 is 0.644. The summed E-state index contributed by atoms with van der Waals surface area (Å²) >= 11 is 1.30. The summed E-state index contributed by atoms with van der Waals surface area (Å²) in [6.07, 6.45) is 0. The minimum atomic E-state index is -0.391. The quantitative estimate of drug-likeness (QED) is 0.559. The molecule has 0 bridgehead atoms. The number of nitrogen functional groups attached to an aromatic ring is 1. The largest absolute Gasteiger partial charge is 0.398 e. The van der Waals surface area contributed by atoms with Gasteiger partial charge in [0.05, 0.1) is 10.6 Å². The van der Waals surface area contributed by atoms with Crippen LogP contribution in [0.5, 0.6) is 0 Å². The van der Waals surface area contributed by atoms with Gasteiger partial charge in [0.1, 0.15) is 4.70 Å². The van der Waals surface area contributed by atoms with Crippen molar-refractivity contribution >= 4 is 32.8 Å². The van der Waals surface area contributed by atoms with Gasteiger partial charge < -0.3 is 5.73 Å². The van der Waals surface area contributed by atoms with E-state index in [1.165, 1.54) is 17.4 Å². The summed E-state index contributed by atoms with van der Waals surface area (Å²) in [5.41, 5.74) is 6.36. The van der Waals surface area contributed by atoms with Gasteiger partial charge in [-0.2, -0.15) is 0 Å². The zero-order chi connectivity index (χ0) is 9.42. The number of thiophene rings is 1. The van der Waals surface area contributed by atoms with Gasteiger partial charge in [0, 0.05) is 16.8 Å². The predicted molar refractivity (Wildman–Crippen MR) is 52.9 cm³/mol. The van der Waals surface area contributed by atoms with Crippen LogP contribution < -0.4 is 5.73 Å². The van der Waals surface area contributed by atoms with Crippen molar-refractivity contribution in [3.8, 4) is 0 Å². The number of nitro groups is 1. The smallest absolute Gasteiger partial charge is 0.287 e. The third kappa shape index (κ3) is 1.13. The minimum absolute atomic E-state index is 0.124. The Hall–Kier alpha value is -1.62. The average molecular weight is 194 g/mol. The molecule has 0 saturated carbocycles. The highest BCUT2D eigenvalue weighted by molar-refractivity contribution is 7.18. The van der Waals surface area contributed by atoms with E-state index in [0.717, 1.165) is 5.39 Å². The summed E-state index contributed by atoms with van der Waals surface area (Å²) in [6.45, 7) is 0. The lowest BCUT2D eigenvalue weighted by Gasteiger charge is -1.92. The molecular formula is C8H6N2O2S. The van der Waals surface area contributed by atoms with Gasteiger partial charge in [0.2, 0.25) is 0 Å². The molecule has 2 N–H and O–H groups in total. The van der Waals surface area contributed by atoms with Crippen molar-refractivity contribution < 1.29 is 4.92 Å². The Balaban J connectivity index is 2.84. The molecule has 2 aromatic rings. The lowest BCUT2D eigenvalue weighted by Crippen LogP contribution is -1.87. The van der Waals surface area contributed by atoms with Crippen LogP contribution in [0, 0.1) is 10.1 Å². The van der Waals surface area contributed by atoms with E-state index in [-0.39, 0.29) is 5.69 Å². The fourth-order valence-corrected chi connectivity index (χ4v) is 2.15. The normalized spacial score (nSPS) is 10.5. The van der Waals surface area contributed by atoms with Crippen LogP contribution in [-0.2, 0) is 0 Å². The van der Waals surface area contributed by atoms with Gasteiger partial charge >= 0.3 is 0 Å². The first-order chi connectivity index (χ1) is 6.20. The predicted octanol–water partition coefficient (Wildman–Crippen LogP) is 2.39. The van der Waals surface area contributed by atoms with Crippen LogP contribution in [0.15, 0.2) is 23.6 Å². The molecule has 1 aromatic carbocycles. The van der Waals surface area contributed by atoms with Gasteiger partial charge in [-0.25, -0.2) is 0 Å². The van der Waals surface area contributed by atoms with Gasteiger partial charge in [-0.1, -0.05) is 12.1 Å². The number of nitro benzene ring substituents is 1. The average Bonchev–Trinajstić information content (AvgIpc) is 2.48. The van der Waals surface area contributed by atoms with E-state index >= 15 is 0 Å². The molecule has 5 heteroatoms. The molecule has 1 aromatic heterocycles. The maximum absolute atomic E-state index is 10.6. The highest BCUT2D eigenvalue weighted by Crippen LogP contribution is 2.34. The van der Waals surface area contributed by atoms with Crippen LogP contribution in [0.1, 0.15) is 0 Å². The Labute approximate surface area is 77.7 Å². The van der Waals surface area contributed by atoms with E-state index in [1.54, 1.807) is 17.5 Å². The summed E-state index contributed by atoms with van der Waals surface area (Å²) in [5.74, 6) is 0. The number of hydrogen-bond donors (Lipinski definition) is 1. The van der Waals surface area contributed by atoms with Crippen molar-refractivity contribution in [2.24, 2.45) is 0 Å². The lowest BCUT2D eigenvalue weighted by molar-refractivity contribution is -0.382. The number of nitrogens with zero attached hydrogens (tertiary/aromatic N) is 1. The molecule has 13 heavy (non-hydrogen) atoms. The lowest BCUT2D eigenvalue weighted by atomic mass is 10.2. The molecule has 0 aliphatic carbocycles. The van der Waals surface area contributed by atoms with E-state index in [4.69, 9.17) is 5.73 Å². The van der Waals surface area contributed by atoms with Crippen molar-refractivity contribution in [3.63, 3.8) is 0 Å². The van der Waals surface area contributed by atoms with E-state index in [0.29, 0.717) is 10.4 Å². The maximum atomic E-state index is 10.6. The number of nitrogens with two attached hydrogens (primary N) is 1. The molecular weight excluding hydrogens is 188 g/mol. The molecule has 0 atom stereocenters. The Morgan fingerprint density at radius 1 is 1.46 bits per heavy atom. The highest BCUT2D eigenvalue weighted by Gasteiger charge is 2.13. The Kier molecular flexibility index (Phi) is 1.66. The van der Waals surface area contributed by atoms with Crippen LogP contribution >= 0.6 is 11.3 Å². The molecule has 66 valence electrons. The fraction of sp³-hybridized carbons (Fsp3) is 0. The molecule has 0 saturated heterocycles. The standard InChI is InChI=1S/C8H6N2O2S/c9-6-4-13-8-5(6)2-1-3-7(8)10(11)12/h1-4H,9H2. The summed E-state index contributed by atoms with van der Waals surface area (Å²) in [5, 5.41) is 13.1. The Bertz CT molecular complexity index is 478. The molecule has 4 nitrogen and oxygen atoms in total. The van der Waals surface area contributed by atoms with Gasteiger partial charge in [-0.15, -0.1) is 11.3 Å². The van der Waals surface area contributed by atoms with E-state index in [1.807, 2.05) is 0 Å². The molecule has 0 unspecified atom stereocenters. The van der Waals surface area contributed by atoms with Crippen LogP contribution in [0.4, 0.5) is 11.4 Å². The van der Waals surface area contributed by atoms with Crippen LogP contribution in [0.3, 0.4) is 0 Å². The second-order valence-electron chi connectivity index (χ2n) is 2.60. The second-order valence-corrected chi connectivity index (χ2v) is 3.48. The maximum Gasteiger partial charge on any atom is 0.287 e. The first kappa shape index (κ1) is 8.00. The molecule has 0 spiro atoms. The zero-order valence-electron chi connectivity index (χ0n) is 6.56. The van der Waals surface area contributed by atoms with Gasteiger partial charge in [0.25, 0.3) is 5.69 Å². The minimum Gasteiger partial charge on any atom is -0.398 e. The van der Waals surface area contributed by atoms with E-state index in [2.05, 4.69) is 0 Å². The van der Waals surface area contributed by atoms with Gasteiger partial charge in [0.15, 0.2) is 0 Å². The fourth-order valence-electron chi connectivity index (χ4n) is 1.21. The van der Waals surface area contributed by atoms with Crippen LogP contribution in [-0.4, -0.2) is 4.92 Å². The van der Waals surface area contributed by atoms with Crippen molar-refractivity contribution in [3.05, 3.63) is 33.7 Å². The van der Waals surface area contributed by atoms with Crippen LogP contribution in [0.2, 0.25) is 0 Å². The summed E-state index contributed by atoms with van der Waals surface area (Å²) in [7, 11) is 0. The Morgan fingerprint density at radius 2 is 2.23 bits per heavy atom. The third-order valence-corrected chi connectivity index (χ3v) is 2.84. The third-order valence-electron chi connectivity index (χ3n) is 1.81. The monoisotopic (exact) mass is 194 g/mol. The molecule has 0 aliphatic rings. The second kappa shape index (κ2) is 2.70. The molecule has 0 aliphatic heterocycles. The van der Waals surface area contributed by atoms with Crippen molar-refractivity contribution in [1.82, 2.24) is 0 Å². The highest BCUT2D eigenvalue weighted by atomic mass is 32.1. The molecule has 0 amide bonds. The van der Waals surface area contributed by atoms with Gasteiger partial charge in [-0.3, -0.25) is 10.1 Å². The first-order valence-electron chi connectivity index (χ1n) is 3.60. The number of anilines is 1. The number of benzene rings is 1. The van der Waals surface area contributed by atoms with Gasteiger partial charge in [-0.05, 0) is 0 Å². The first-order valence-corrected chi connectivity index (χ1v) is 4.48. The molecule has 0 fully saturated rings. The molecule has 0 radical (unpaired) electrons. The topological polar surface area (TPSA) is 69.2 Å². The van der Waals surface area contributed by atoms with E-state index in [9.17, 15) is 10.1 Å². The van der Waals surface area contributed by atoms with Crippen molar-refractivity contribution in [2.75, 3.05) is 5.73 Å². The summed E-state index contributed by atoms with van der Waals surface area (Å²) in [6, 6.07) is 4.91. The zero-order valence-corrected chi connectivity index (χ0v) is 7.38. The van der Waals surface area contributed by atoms with E-state index < -0.39 is 4.92 Å².